The third kappa shape index (κ3) is 7.00. The predicted molar refractivity (Wildman–Crippen MR) is 186 cm³/mol. The second-order valence-corrected chi connectivity index (χ2v) is 14.6. The molecule has 11 heteroatoms. The van der Waals surface area contributed by atoms with Gasteiger partial charge in [0.05, 0.1) is 23.6 Å². The number of benzene rings is 2. The van der Waals surface area contributed by atoms with Gasteiger partial charge < -0.3 is 19.9 Å². The van der Waals surface area contributed by atoms with E-state index >= 15 is 0 Å². The van der Waals surface area contributed by atoms with Crippen molar-refractivity contribution in [3.63, 3.8) is 0 Å². The Bertz CT molecular complexity index is 1800. The quantitative estimate of drug-likeness (QED) is 0.233. The number of likely N-dealkylation sites (tertiary alicyclic amines) is 2. The Kier molecular flexibility index (Phi) is 8.89. The van der Waals surface area contributed by atoms with Gasteiger partial charge in [0, 0.05) is 30.2 Å². The number of hydrogen-bond donors (Lipinski definition) is 2. The Morgan fingerprint density at radius 1 is 0.896 bits per heavy atom. The zero-order valence-corrected chi connectivity index (χ0v) is 28.6. The van der Waals surface area contributed by atoms with Crippen LogP contribution in [0, 0.1) is 0 Å². The van der Waals surface area contributed by atoms with Crippen molar-refractivity contribution in [2.75, 3.05) is 18.0 Å². The standard InChI is InChI=1S/C37H45N7O4/c1-36(2,3)41-34(46)42-21-9-13-29(42)31-39-23-28(40-31)25-15-17-26(18-16-25)44(32-27-12-8-7-11-24(27)19-20-38-32)33(45)30-14-10-22-43(30)35(47)48-37(4,5)6/h7-8,11-12,15-20,23,29-30H,9-10,13-14,21-22H2,1-6H3,(H,39,40)(H,41,46). The number of carbonyl (C=O) groups is 3. The molecular formula is C37H45N7O4. The molecule has 2 aromatic heterocycles. The lowest BCUT2D eigenvalue weighted by Crippen LogP contribution is -2.48. The zero-order valence-electron chi connectivity index (χ0n) is 28.6. The number of nitrogens with one attached hydrogen (secondary N) is 2. The molecule has 2 atom stereocenters. The van der Waals surface area contributed by atoms with Crippen molar-refractivity contribution in [2.24, 2.45) is 0 Å². The molecule has 4 aromatic rings. The highest BCUT2D eigenvalue weighted by molar-refractivity contribution is 6.09. The van der Waals surface area contributed by atoms with Gasteiger partial charge in [0.25, 0.3) is 5.91 Å². The number of anilines is 2. The van der Waals surface area contributed by atoms with Crippen LogP contribution < -0.4 is 10.2 Å². The van der Waals surface area contributed by atoms with Crippen molar-refractivity contribution in [3.8, 4) is 11.3 Å². The molecule has 4 amide bonds. The molecule has 2 saturated heterocycles. The molecule has 2 aromatic carbocycles. The number of imidazole rings is 1. The number of aromatic amines is 1. The Labute approximate surface area is 281 Å². The molecule has 2 unspecified atom stereocenters. The summed E-state index contributed by atoms with van der Waals surface area (Å²) in [7, 11) is 0. The van der Waals surface area contributed by atoms with Crippen molar-refractivity contribution >= 4 is 40.3 Å². The van der Waals surface area contributed by atoms with Gasteiger partial charge >= 0.3 is 12.1 Å². The summed E-state index contributed by atoms with van der Waals surface area (Å²) in [6, 6.07) is 16.5. The first kappa shape index (κ1) is 33.0. The van der Waals surface area contributed by atoms with Crippen LogP contribution in [0.4, 0.5) is 21.1 Å². The Morgan fingerprint density at radius 2 is 1.60 bits per heavy atom. The number of H-pyrrole nitrogens is 1. The van der Waals surface area contributed by atoms with Gasteiger partial charge in [-0.2, -0.15) is 0 Å². The van der Waals surface area contributed by atoms with Gasteiger partial charge in [-0.05, 0) is 96.4 Å². The monoisotopic (exact) mass is 651 g/mol. The molecule has 11 nitrogen and oxygen atoms in total. The lowest BCUT2D eigenvalue weighted by molar-refractivity contribution is -0.122. The van der Waals surface area contributed by atoms with Crippen molar-refractivity contribution in [1.82, 2.24) is 30.1 Å². The molecule has 4 heterocycles. The highest BCUT2D eigenvalue weighted by Crippen LogP contribution is 2.36. The maximum Gasteiger partial charge on any atom is 0.410 e. The van der Waals surface area contributed by atoms with Crippen molar-refractivity contribution in [2.45, 2.75) is 90.4 Å². The van der Waals surface area contributed by atoms with E-state index in [1.54, 1.807) is 22.2 Å². The van der Waals surface area contributed by atoms with Crippen LogP contribution in [0.2, 0.25) is 0 Å². The summed E-state index contributed by atoms with van der Waals surface area (Å²) in [5.41, 5.74) is 1.32. The summed E-state index contributed by atoms with van der Waals surface area (Å²) in [6.07, 6.45) is 5.96. The Balaban J connectivity index is 1.30. The topological polar surface area (TPSA) is 124 Å². The molecule has 2 N–H and O–H groups in total. The Morgan fingerprint density at radius 3 is 2.33 bits per heavy atom. The van der Waals surface area contributed by atoms with Gasteiger partial charge in [-0.15, -0.1) is 0 Å². The van der Waals surface area contributed by atoms with E-state index in [0.717, 1.165) is 40.7 Å². The maximum absolute atomic E-state index is 14.5. The number of nitrogens with zero attached hydrogens (tertiary/aromatic N) is 5. The second-order valence-electron chi connectivity index (χ2n) is 14.6. The first-order chi connectivity index (χ1) is 22.8. The SMILES string of the molecule is CC(C)(C)NC(=O)N1CCCC1c1ncc(-c2ccc(N(C(=O)C3CCCN3C(=O)OC(C)(C)C)c3nccc4ccccc34)cc2)[nH]1. The van der Waals surface area contributed by atoms with Gasteiger partial charge in [0.15, 0.2) is 0 Å². The molecule has 0 bridgehead atoms. The van der Waals surface area contributed by atoms with E-state index < -0.39 is 17.7 Å². The van der Waals surface area contributed by atoms with Gasteiger partial charge in [-0.25, -0.2) is 19.6 Å². The maximum atomic E-state index is 14.5. The van der Waals surface area contributed by atoms with Crippen molar-refractivity contribution in [3.05, 3.63) is 72.8 Å². The summed E-state index contributed by atoms with van der Waals surface area (Å²) >= 11 is 0. The summed E-state index contributed by atoms with van der Waals surface area (Å²) in [5.74, 6) is 1.00. The van der Waals surface area contributed by atoms with Gasteiger partial charge in [0.1, 0.15) is 23.3 Å². The minimum atomic E-state index is -0.694. The van der Waals surface area contributed by atoms with Crippen LogP contribution in [0.1, 0.15) is 79.1 Å². The number of urea groups is 1. The van der Waals surface area contributed by atoms with E-state index in [0.29, 0.717) is 37.4 Å². The molecule has 0 saturated carbocycles. The number of rotatable bonds is 5. The molecule has 0 radical (unpaired) electrons. The van der Waals surface area contributed by atoms with E-state index in [1.165, 1.54) is 0 Å². The van der Waals surface area contributed by atoms with E-state index in [9.17, 15) is 14.4 Å². The number of hydrogen-bond acceptors (Lipinski definition) is 6. The average molecular weight is 652 g/mol. The summed E-state index contributed by atoms with van der Waals surface area (Å²) in [6.45, 7) is 12.5. The molecule has 252 valence electrons. The lowest BCUT2D eigenvalue weighted by atomic mass is 10.1. The first-order valence-corrected chi connectivity index (χ1v) is 16.7. The molecule has 6 rings (SSSR count). The number of amides is 4. The van der Waals surface area contributed by atoms with Crippen LogP contribution >= 0.6 is 0 Å². The third-order valence-electron chi connectivity index (χ3n) is 8.59. The summed E-state index contributed by atoms with van der Waals surface area (Å²) < 4.78 is 5.67. The van der Waals surface area contributed by atoms with Crippen LogP contribution in [-0.2, 0) is 9.53 Å². The summed E-state index contributed by atoms with van der Waals surface area (Å²) in [5, 5.41) is 4.85. The minimum Gasteiger partial charge on any atom is -0.444 e. The fourth-order valence-electron chi connectivity index (χ4n) is 6.48. The van der Waals surface area contributed by atoms with Gasteiger partial charge in [-0.3, -0.25) is 14.6 Å². The molecular weight excluding hydrogens is 606 g/mol. The minimum absolute atomic E-state index is 0.0911. The van der Waals surface area contributed by atoms with Gasteiger partial charge in [0.2, 0.25) is 0 Å². The van der Waals surface area contributed by atoms with Gasteiger partial charge in [-0.1, -0.05) is 36.4 Å². The molecule has 2 aliphatic rings. The normalized spacial score (nSPS) is 18.3. The van der Waals surface area contributed by atoms with E-state index in [1.807, 2.05) is 101 Å². The van der Waals surface area contributed by atoms with Crippen LogP contribution in [0.15, 0.2) is 67.0 Å². The number of carbonyl (C=O) groups excluding carboxylic acids is 3. The summed E-state index contributed by atoms with van der Waals surface area (Å²) in [4.78, 5) is 58.5. The lowest BCUT2D eigenvalue weighted by Gasteiger charge is -2.31. The smallest absolute Gasteiger partial charge is 0.410 e. The van der Waals surface area contributed by atoms with E-state index in [-0.39, 0.29) is 23.5 Å². The van der Waals surface area contributed by atoms with Crippen LogP contribution in [-0.4, -0.2) is 73.1 Å². The van der Waals surface area contributed by atoms with Crippen molar-refractivity contribution in [1.29, 1.82) is 0 Å². The largest absolute Gasteiger partial charge is 0.444 e. The second kappa shape index (κ2) is 12.9. The fourth-order valence-corrected chi connectivity index (χ4v) is 6.48. The average Bonchev–Trinajstić information content (AvgIpc) is 3.81. The number of aromatic nitrogens is 3. The first-order valence-electron chi connectivity index (χ1n) is 16.7. The molecule has 0 aliphatic carbocycles. The van der Waals surface area contributed by atoms with Crippen LogP contribution in [0.25, 0.3) is 22.0 Å². The molecule has 2 aliphatic heterocycles. The van der Waals surface area contributed by atoms with E-state index in [4.69, 9.17) is 9.72 Å². The van der Waals surface area contributed by atoms with Crippen LogP contribution in [0.3, 0.4) is 0 Å². The van der Waals surface area contributed by atoms with Crippen molar-refractivity contribution < 1.29 is 19.1 Å². The third-order valence-corrected chi connectivity index (χ3v) is 8.59. The zero-order chi connectivity index (χ0) is 34.2. The number of ether oxygens (including phenoxy) is 1. The Hall–Kier alpha value is -4.93. The number of pyridine rings is 1. The fraction of sp³-hybridized carbons (Fsp3) is 0.432. The highest BCUT2D eigenvalue weighted by atomic mass is 16.6. The highest BCUT2D eigenvalue weighted by Gasteiger charge is 2.40. The number of fused-ring (bicyclic) bond motifs is 1. The molecule has 48 heavy (non-hydrogen) atoms. The van der Waals surface area contributed by atoms with E-state index in [2.05, 4.69) is 15.3 Å². The molecule has 0 spiro atoms. The predicted octanol–water partition coefficient (Wildman–Crippen LogP) is 7.33. The molecule has 2 fully saturated rings. The van der Waals surface area contributed by atoms with Crippen LogP contribution in [0.5, 0.6) is 0 Å².